The third-order valence-electron chi connectivity index (χ3n) is 3.90. The second kappa shape index (κ2) is 8.37. The number of rotatable bonds is 7. The van der Waals surface area contributed by atoms with Crippen LogP contribution in [0.15, 0.2) is 36.4 Å². The number of ether oxygens (including phenoxy) is 3. The molecule has 2 aromatic carbocycles. The molecule has 2 rings (SSSR count). The summed E-state index contributed by atoms with van der Waals surface area (Å²) in [6.45, 7) is 0.380. The average Bonchev–Trinajstić information content (AvgIpc) is 2.62. The minimum Gasteiger partial charge on any atom is -0.497 e. The van der Waals surface area contributed by atoms with E-state index in [1.54, 1.807) is 38.3 Å². The summed E-state index contributed by atoms with van der Waals surface area (Å²) in [6, 6.07) is 9.96. The summed E-state index contributed by atoms with van der Waals surface area (Å²) in [7, 11) is 6.25. The molecule has 0 aliphatic heterocycles. The van der Waals surface area contributed by atoms with Gasteiger partial charge in [0.05, 0.1) is 27.8 Å². The van der Waals surface area contributed by atoms with E-state index in [1.807, 2.05) is 12.1 Å². The molecule has 0 saturated heterocycles. The van der Waals surface area contributed by atoms with Crippen molar-refractivity contribution in [2.24, 2.45) is 0 Å². The number of benzene rings is 2. The van der Waals surface area contributed by atoms with Crippen LogP contribution >= 0.6 is 0 Å². The number of amides is 1. The van der Waals surface area contributed by atoms with Crippen LogP contribution < -0.4 is 14.2 Å². The number of nitrogens with zero attached hydrogens (tertiary/aromatic N) is 1. The van der Waals surface area contributed by atoms with Gasteiger partial charge >= 0.3 is 0 Å². The summed E-state index contributed by atoms with van der Waals surface area (Å²) in [5.41, 5.74) is 1.46. The van der Waals surface area contributed by atoms with E-state index < -0.39 is 5.82 Å². The Morgan fingerprint density at radius 3 is 2.32 bits per heavy atom. The molecule has 0 aliphatic rings. The van der Waals surface area contributed by atoms with Crippen molar-refractivity contribution >= 4 is 5.91 Å². The number of hydrogen-bond donors (Lipinski definition) is 0. The van der Waals surface area contributed by atoms with E-state index in [0.717, 1.165) is 5.56 Å². The number of carbonyl (C=O) groups is 1. The molecule has 1 amide bonds. The molecule has 0 atom stereocenters. The molecule has 0 bridgehead atoms. The highest BCUT2D eigenvalue weighted by atomic mass is 19.1. The van der Waals surface area contributed by atoms with Crippen LogP contribution in [0.25, 0.3) is 0 Å². The molecule has 0 fully saturated rings. The fourth-order valence-electron chi connectivity index (χ4n) is 2.46. The van der Waals surface area contributed by atoms with E-state index >= 15 is 0 Å². The molecule has 0 unspecified atom stereocenters. The van der Waals surface area contributed by atoms with Crippen LogP contribution in [-0.4, -0.2) is 39.2 Å². The SMILES string of the molecule is COc1ccc(CN(C)C(=O)Cc2ccc(OC)c(F)c2)c(OC)c1. The van der Waals surface area contributed by atoms with Gasteiger partial charge < -0.3 is 19.1 Å². The lowest BCUT2D eigenvalue weighted by atomic mass is 10.1. The Morgan fingerprint density at radius 2 is 1.72 bits per heavy atom. The molecule has 0 saturated carbocycles. The van der Waals surface area contributed by atoms with Gasteiger partial charge in [-0.05, 0) is 29.8 Å². The van der Waals surface area contributed by atoms with E-state index in [0.29, 0.717) is 23.6 Å². The molecule has 6 heteroatoms. The lowest BCUT2D eigenvalue weighted by molar-refractivity contribution is -0.129. The molecular weight excluding hydrogens is 325 g/mol. The van der Waals surface area contributed by atoms with Crippen molar-refractivity contribution in [2.75, 3.05) is 28.4 Å². The predicted molar refractivity (Wildman–Crippen MR) is 92.7 cm³/mol. The maximum absolute atomic E-state index is 13.7. The van der Waals surface area contributed by atoms with Gasteiger partial charge in [-0.1, -0.05) is 6.07 Å². The zero-order chi connectivity index (χ0) is 18.4. The molecule has 0 radical (unpaired) electrons. The normalized spacial score (nSPS) is 10.3. The van der Waals surface area contributed by atoms with E-state index in [-0.39, 0.29) is 18.1 Å². The fraction of sp³-hybridized carbons (Fsp3) is 0.316. The van der Waals surface area contributed by atoms with Crippen LogP contribution in [0.1, 0.15) is 11.1 Å². The highest BCUT2D eigenvalue weighted by Gasteiger charge is 2.14. The molecular formula is C19H22FNO4. The van der Waals surface area contributed by atoms with Gasteiger partial charge in [-0.15, -0.1) is 0 Å². The molecule has 25 heavy (non-hydrogen) atoms. The van der Waals surface area contributed by atoms with Crippen molar-refractivity contribution < 1.29 is 23.4 Å². The van der Waals surface area contributed by atoms with Crippen LogP contribution in [0.5, 0.6) is 17.2 Å². The van der Waals surface area contributed by atoms with Crippen molar-refractivity contribution in [3.8, 4) is 17.2 Å². The minimum absolute atomic E-state index is 0.107. The van der Waals surface area contributed by atoms with Gasteiger partial charge in [0.2, 0.25) is 5.91 Å². The van der Waals surface area contributed by atoms with Crippen molar-refractivity contribution in [1.82, 2.24) is 4.90 Å². The van der Waals surface area contributed by atoms with Crippen molar-refractivity contribution in [1.29, 1.82) is 0 Å². The Labute approximate surface area is 146 Å². The zero-order valence-electron chi connectivity index (χ0n) is 14.8. The number of hydrogen-bond acceptors (Lipinski definition) is 4. The monoisotopic (exact) mass is 347 g/mol. The first-order chi connectivity index (χ1) is 12.0. The third kappa shape index (κ3) is 4.62. The fourth-order valence-corrected chi connectivity index (χ4v) is 2.46. The zero-order valence-corrected chi connectivity index (χ0v) is 14.8. The second-order valence-corrected chi connectivity index (χ2v) is 5.57. The van der Waals surface area contributed by atoms with Crippen LogP contribution in [0.2, 0.25) is 0 Å². The van der Waals surface area contributed by atoms with Crippen molar-refractivity contribution in [3.63, 3.8) is 0 Å². The van der Waals surface area contributed by atoms with Gasteiger partial charge in [-0.3, -0.25) is 4.79 Å². The number of carbonyl (C=O) groups excluding carboxylic acids is 1. The lowest BCUT2D eigenvalue weighted by Gasteiger charge is -2.19. The van der Waals surface area contributed by atoms with Crippen molar-refractivity contribution in [3.05, 3.63) is 53.3 Å². The third-order valence-corrected chi connectivity index (χ3v) is 3.90. The van der Waals surface area contributed by atoms with Gasteiger partial charge in [0, 0.05) is 25.2 Å². The molecule has 0 spiro atoms. The van der Waals surface area contributed by atoms with Gasteiger partial charge in [-0.2, -0.15) is 0 Å². The maximum Gasteiger partial charge on any atom is 0.227 e. The first-order valence-electron chi connectivity index (χ1n) is 7.75. The Morgan fingerprint density at radius 1 is 1.00 bits per heavy atom. The van der Waals surface area contributed by atoms with Gasteiger partial charge in [0.15, 0.2) is 11.6 Å². The van der Waals surface area contributed by atoms with Crippen molar-refractivity contribution in [2.45, 2.75) is 13.0 Å². The Hall–Kier alpha value is -2.76. The molecule has 0 aliphatic carbocycles. The smallest absolute Gasteiger partial charge is 0.227 e. The number of halogens is 1. The summed E-state index contributed by atoms with van der Waals surface area (Å²) in [5.74, 6) is 0.889. The first-order valence-corrected chi connectivity index (χ1v) is 7.75. The summed E-state index contributed by atoms with van der Waals surface area (Å²) >= 11 is 0. The molecule has 0 aromatic heterocycles. The minimum atomic E-state index is -0.479. The van der Waals surface area contributed by atoms with Crippen LogP contribution in [0.3, 0.4) is 0 Å². The summed E-state index contributed by atoms with van der Waals surface area (Å²) in [5, 5.41) is 0. The van der Waals surface area contributed by atoms with E-state index in [2.05, 4.69) is 0 Å². The maximum atomic E-state index is 13.7. The van der Waals surface area contributed by atoms with Crippen LogP contribution in [0.4, 0.5) is 4.39 Å². The summed E-state index contributed by atoms with van der Waals surface area (Å²) in [4.78, 5) is 14.0. The van der Waals surface area contributed by atoms with Crippen LogP contribution in [0, 0.1) is 5.82 Å². The second-order valence-electron chi connectivity index (χ2n) is 5.57. The Balaban J connectivity index is 2.06. The topological polar surface area (TPSA) is 48.0 Å². The highest BCUT2D eigenvalue weighted by Crippen LogP contribution is 2.25. The molecule has 2 aromatic rings. The van der Waals surface area contributed by atoms with E-state index in [9.17, 15) is 9.18 Å². The summed E-state index contributed by atoms with van der Waals surface area (Å²) < 4.78 is 29.1. The van der Waals surface area contributed by atoms with E-state index in [1.165, 1.54) is 19.2 Å². The molecule has 5 nitrogen and oxygen atoms in total. The first kappa shape index (κ1) is 18.6. The number of methoxy groups -OCH3 is 3. The van der Waals surface area contributed by atoms with E-state index in [4.69, 9.17) is 14.2 Å². The van der Waals surface area contributed by atoms with Gasteiger partial charge in [0.25, 0.3) is 0 Å². The average molecular weight is 347 g/mol. The van der Waals surface area contributed by atoms with Gasteiger partial charge in [0.1, 0.15) is 11.5 Å². The quantitative estimate of drug-likeness (QED) is 0.772. The lowest BCUT2D eigenvalue weighted by Crippen LogP contribution is -2.28. The molecule has 0 N–H and O–H groups in total. The predicted octanol–water partition coefficient (Wildman–Crippen LogP) is 3.05. The molecule has 0 heterocycles. The largest absolute Gasteiger partial charge is 0.497 e. The highest BCUT2D eigenvalue weighted by molar-refractivity contribution is 5.78. The summed E-state index contributed by atoms with van der Waals surface area (Å²) in [6.07, 6.45) is 0.107. The number of likely N-dealkylation sites (N-methyl/N-ethyl adjacent to an activating group) is 1. The standard InChI is InChI=1S/C19H22FNO4/c1-21(12-14-6-7-15(23-2)11-18(14)25-4)19(22)10-13-5-8-17(24-3)16(20)9-13/h5-9,11H,10,12H2,1-4H3. The van der Waals surface area contributed by atoms with Gasteiger partial charge in [-0.25, -0.2) is 4.39 Å². The Bertz CT molecular complexity index is 748. The Kier molecular flexibility index (Phi) is 6.22. The van der Waals surface area contributed by atoms with Crippen LogP contribution in [-0.2, 0) is 17.8 Å². The molecule has 134 valence electrons.